The van der Waals surface area contributed by atoms with Crippen LogP contribution in [0.25, 0.3) is 116 Å². The van der Waals surface area contributed by atoms with Crippen molar-refractivity contribution in [2.75, 3.05) is 0 Å². The van der Waals surface area contributed by atoms with Crippen LogP contribution in [0.3, 0.4) is 0 Å². The second kappa shape index (κ2) is 16.0. The van der Waals surface area contributed by atoms with Gasteiger partial charge >= 0.3 is 0 Å². The molecule has 1 aliphatic rings. The van der Waals surface area contributed by atoms with Gasteiger partial charge in [0.15, 0.2) is 11.6 Å². The Morgan fingerprint density at radius 3 is 1.69 bits per heavy atom. The Kier molecular flexibility index (Phi) is 9.65. The fourth-order valence-electron chi connectivity index (χ4n) is 10.5. The number of nitrogens with zero attached hydrogens (tertiary/aromatic N) is 4. The Labute approximate surface area is 390 Å². The lowest BCUT2D eigenvalue weighted by Crippen LogP contribution is -2.14. The summed E-state index contributed by atoms with van der Waals surface area (Å²) in [5.41, 5.74) is 13.7. The molecule has 0 fully saturated rings. The first kappa shape index (κ1) is 40.3. The van der Waals surface area contributed by atoms with Gasteiger partial charge in [0.25, 0.3) is 0 Å². The van der Waals surface area contributed by atoms with Gasteiger partial charge in [0.1, 0.15) is 0 Å². The van der Waals surface area contributed by atoms with Gasteiger partial charge in [-0.2, -0.15) is 9.97 Å². The third kappa shape index (κ3) is 6.54. The van der Waals surface area contributed by atoms with Crippen LogP contribution in [-0.2, 0) is 5.41 Å². The van der Waals surface area contributed by atoms with Crippen molar-refractivity contribution in [1.82, 2.24) is 19.5 Å². The first-order valence-electron chi connectivity index (χ1n) is 23.4. The zero-order valence-electron chi connectivity index (χ0n) is 38.1. The van der Waals surface area contributed by atoms with E-state index in [0.29, 0.717) is 17.6 Å². The molecule has 0 unspecified atom stereocenters. The Morgan fingerprint density at radius 1 is 0.373 bits per heavy atom. The molecule has 2 aromatic heterocycles. The van der Waals surface area contributed by atoms with E-state index in [-0.39, 0.29) is 5.41 Å². The summed E-state index contributed by atoms with van der Waals surface area (Å²) < 4.78 is 2.34. The number of para-hydroxylation sites is 1. The van der Waals surface area contributed by atoms with Crippen molar-refractivity contribution in [1.29, 1.82) is 0 Å². The van der Waals surface area contributed by atoms with Crippen LogP contribution in [0.4, 0.5) is 0 Å². The van der Waals surface area contributed by atoms with Gasteiger partial charge in [0, 0.05) is 38.3 Å². The van der Waals surface area contributed by atoms with E-state index in [0.717, 1.165) is 60.6 Å². The second-order valence-corrected chi connectivity index (χ2v) is 18.3. The Bertz CT molecular complexity index is 3880. The predicted molar refractivity (Wildman–Crippen MR) is 282 cm³/mol. The van der Waals surface area contributed by atoms with E-state index in [1.165, 1.54) is 55.6 Å². The minimum absolute atomic E-state index is 0.150. The maximum absolute atomic E-state index is 5.51. The van der Waals surface area contributed by atoms with E-state index in [1.807, 2.05) is 0 Å². The molecular formula is C63H48N4. The number of benzene rings is 10. The van der Waals surface area contributed by atoms with E-state index in [2.05, 4.69) is 239 Å². The molecule has 0 atom stereocenters. The first-order valence-corrected chi connectivity index (χ1v) is 23.4. The molecule has 67 heavy (non-hydrogen) atoms. The second-order valence-electron chi connectivity index (χ2n) is 18.3. The van der Waals surface area contributed by atoms with E-state index < -0.39 is 0 Å². The summed E-state index contributed by atoms with van der Waals surface area (Å²) in [4.78, 5) is 16.3. The van der Waals surface area contributed by atoms with Crippen LogP contribution < -0.4 is 0 Å². The van der Waals surface area contributed by atoms with Crippen LogP contribution >= 0.6 is 0 Å². The van der Waals surface area contributed by atoms with Crippen molar-refractivity contribution in [2.45, 2.75) is 39.5 Å². The van der Waals surface area contributed by atoms with E-state index in [1.54, 1.807) is 0 Å². The summed E-state index contributed by atoms with van der Waals surface area (Å²) in [6.07, 6.45) is 1.25. The number of rotatable bonds is 5. The molecule has 12 aromatic rings. The van der Waals surface area contributed by atoms with E-state index in [9.17, 15) is 0 Å². The molecule has 320 valence electrons. The van der Waals surface area contributed by atoms with Gasteiger partial charge in [-0.05, 0) is 78.0 Å². The lowest BCUT2D eigenvalue weighted by Gasteiger charge is -2.22. The monoisotopic (exact) mass is 860 g/mol. The van der Waals surface area contributed by atoms with Gasteiger partial charge in [-0.1, -0.05) is 228 Å². The van der Waals surface area contributed by atoms with Gasteiger partial charge in [-0.15, -0.1) is 0 Å². The maximum atomic E-state index is 5.51. The lowest BCUT2D eigenvalue weighted by molar-refractivity contribution is 0.660. The van der Waals surface area contributed by atoms with Gasteiger partial charge in [-0.25, -0.2) is 4.98 Å². The third-order valence-corrected chi connectivity index (χ3v) is 13.6. The predicted octanol–water partition coefficient (Wildman–Crippen LogP) is 16.8. The highest BCUT2D eigenvalue weighted by molar-refractivity contribution is 6.33. The van der Waals surface area contributed by atoms with Crippen molar-refractivity contribution < 1.29 is 0 Å². The maximum Gasteiger partial charge on any atom is 0.238 e. The van der Waals surface area contributed by atoms with Crippen molar-refractivity contribution in [3.63, 3.8) is 0 Å². The number of aromatic nitrogens is 4. The van der Waals surface area contributed by atoms with Crippen molar-refractivity contribution in [3.8, 4) is 62.1 Å². The third-order valence-electron chi connectivity index (χ3n) is 13.6. The van der Waals surface area contributed by atoms with E-state index in [4.69, 9.17) is 15.0 Å². The van der Waals surface area contributed by atoms with Gasteiger partial charge in [-0.3, -0.25) is 4.57 Å². The SMILES string of the molecule is CC1(C)c2ccccc2-c2ccc(-c3cccc4c5c6ccccc6c6ccccc6c5n(-c5nc(-c6ccc(-c7ccccc7)cc6)nc(-c6ccc7ccccc7c6)n5)c34)cc21.CCC. The number of hydrogen-bond acceptors (Lipinski definition) is 3. The Balaban J connectivity index is 0.00000152. The highest BCUT2D eigenvalue weighted by Gasteiger charge is 2.35. The molecule has 4 nitrogen and oxygen atoms in total. The molecule has 4 heteroatoms. The average molecular weight is 861 g/mol. The largest absolute Gasteiger partial charge is 0.277 e. The normalized spacial score (nSPS) is 12.7. The summed E-state index contributed by atoms with van der Waals surface area (Å²) in [6.45, 7) is 8.95. The van der Waals surface area contributed by atoms with E-state index >= 15 is 0 Å². The van der Waals surface area contributed by atoms with Crippen molar-refractivity contribution in [3.05, 3.63) is 217 Å². The zero-order valence-corrected chi connectivity index (χ0v) is 38.1. The van der Waals surface area contributed by atoms with Gasteiger partial charge in [0.2, 0.25) is 5.95 Å². The number of fused-ring (bicyclic) bond motifs is 12. The lowest BCUT2D eigenvalue weighted by atomic mass is 9.81. The summed E-state index contributed by atoms with van der Waals surface area (Å²) in [6, 6.07) is 74.3. The molecular weight excluding hydrogens is 813 g/mol. The molecule has 0 N–H and O–H groups in total. The zero-order chi connectivity index (χ0) is 45.2. The Morgan fingerprint density at radius 2 is 0.910 bits per heavy atom. The first-order chi connectivity index (χ1) is 32.9. The fourth-order valence-corrected chi connectivity index (χ4v) is 10.5. The summed E-state index contributed by atoms with van der Waals surface area (Å²) in [7, 11) is 0. The van der Waals surface area contributed by atoms with Crippen molar-refractivity contribution in [2.24, 2.45) is 0 Å². The molecule has 0 amide bonds. The minimum atomic E-state index is -0.150. The summed E-state index contributed by atoms with van der Waals surface area (Å²) in [5, 5.41) is 9.39. The molecule has 0 aliphatic heterocycles. The number of hydrogen-bond donors (Lipinski definition) is 0. The highest BCUT2D eigenvalue weighted by atomic mass is 15.2. The fraction of sp³-hybridized carbons (Fsp3) is 0.0952. The Hall–Kier alpha value is -8.21. The smallest absolute Gasteiger partial charge is 0.238 e. The minimum Gasteiger partial charge on any atom is -0.277 e. The summed E-state index contributed by atoms with van der Waals surface area (Å²) in [5.74, 6) is 1.80. The molecule has 13 rings (SSSR count). The van der Waals surface area contributed by atoms with Crippen LogP contribution in [0.5, 0.6) is 0 Å². The van der Waals surface area contributed by atoms with Crippen molar-refractivity contribution >= 4 is 54.1 Å². The van der Waals surface area contributed by atoms with Gasteiger partial charge in [0.05, 0.1) is 11.0 Å². The molecule has 0 saturated carbocycles. The standard InChI is InChI=1S/C60H40N4.C3H8/c1-60(2)52-26-13-12-21-47(52)48-34-33-42(36-53(48)60)44-24-14-25-51-54-49-22-10-8-19-45(49)46-20-9-11-23-50(46)56(54)64(55(44)51)59-62-57(40-30-27-39(28-31-40)37-15-4-3-5-16-37)61-58(63-59)43-32-29-38-17-6-7-18-41(38)35-43;1-3-2/h3-36H,1-2H3;3H2,1-2H3. The average Bonchev–Trinajstić information content (AvgIpc) is 3.86. The summed E-state index contributed by atoms with van der Waals surface area (Å²) >= 11 is 0. The quantitative estimate of drug-likeness (QED) is 0.162. The topological polar surface area (TPSA) is 43.6 Å². The van der Waals surface area contributed by atoms with Crippen LogP contribution in [0.1, 0.15) is 45.2 Å². The van der Waals surface area contributed by atoms with Crippen LogP contribution in [0.15, 0.2) is 206 Å². The molecule has 0 radical (unpaired) electrons. The molecule has 0 saturated heterocycles. The van der Waals surface area contributed by atoms with Gasteiger partial charge < -0.3 is 0 Å². The molecule has 1 aliphatic carbocycles. The van der Waals surface area contributed by atoms with Crippen LogP contribution in [0, 0.1) is 0 Å². The molecule has 0 bridgehead atoms. The van der Waals surface area contributed by atoms with Crippen LogP contribution in [-0.4, -0.2) is 19.5 Å². The van der Waals surface area contributed by atoms with Crippen LogP contribution in [0.2, 0.25) is 0 Å². The molecule has 0 spiro atoms. The molecule has 2 heterocycles. The molecule has 10 aromatic carbocycles. The highest BCUT2D eigenvalue weighted by Crippen LogP contribution is 2.51.